The number of benzene rings is 2. The number of rotatable bonds is 5. The molecule has 0 aromatic heterocycles. The third-order valence-corrected chi connectivity index (χ3v) is 5.23. The van der Waals surface area contributed by atoms with Crippen molar-refractivity contribution in [2.75, 3.05) is 11.9 Å². The molecule has 2 aromatic carbocycles. The van der Waals surface area contributed by atoms with E-state index in [1.54, 1.807) is 11.8 Å². The molecule has 3 rings (SSSR count). The second-order valence-corrected chi connectivity index (χ2v) is 8.30. The number of para-hydroxylation sites is 1. The lowest BCUT2D eigenvalue weighted by Gasteiger charge is -2.26. The van der Waals surface area contributed by atoms with Crippen LogP contribution in [-0.2, 0) is 9.59 Å². The van der Waals surface area contributed by atoms with E-state index in [4.69, 9.17) is 4.74 Å². The fourth-order valence-corrected chi connectivity index (χ4v) is 3.50. The highest BCUT2D eigenvalue weighted by atomic mass is 32.2. The van der Waals surface area contributed by atoms with E-state index in [1.165, 1.54) is 4.90 Å². The molecule has 6 heteroatoms. The highest BCUT2D eigenvalue weighted by Gasteiger charge is 2.25. The Morgan fingerprint density at radius 2 is 1.92 bits per heavy atom. The highest BCUT2D eigenvalue weighted by Crippen LogP contribution is 2.44. The van der Waals surface area contributed by atoms with Crippen molar-refractivity contribution < 1.29 is 14.3 Å². The van der Waals surface area contributed by atoms with Crippen molar-refractivity contribution in [2.45, 2.75) is 36.6 Å². The first-order valence-corrected chi connectivity index (χ1v) is 9.24. The minimum atomic E-state index is -0.545. The molecule has 0 saturated heterocycles. The molecule has 0 bridgehead atoms. The number of hydrogen-bond donors (Lipinski definition) is 2. The van der Waals surface area contributed by atoms with Gasteiger partial charge in [0.1, 0.15) is 12.0 Å². The Bertz CT molecular complexity index is 830. The van der Waals surface area contributed by atoms with Crippen molar-refractivity contribution in [3.05, 3.63) is 42.5 Å². The molecule has 2 N–H and O–H groups in total. The number of ether oxygens (including phenoxy) is 1. The number of amides is 1. The maximum absolute atomic E-state index is 12.1. The van der Waals surface area contributed by atoms with Gasteiger partial charge in [-0.3, -0.25) is 4.79 Å². The zero-order chi connectivity index (χ0) is 18.7. The Morgan fingerprint density at radius 1 is 1.19 bits per heavy atom. The molecule has 136 valence electrons. The minimum Gasteiger partial charge on any atom is -0.484 e. The maximum Gasteiger partial charge on any atom is 0.258 e. The number of aldehydes is 1. The van der Waals surface area contributed by atoms with Gasteiger partial charge >= 0.3 is 0 Å². The van der Waals surface area contributed by atoms with Gasteiger partial charge in [0.2, 0.25) is 0 Å². The summed E-state index contributed by atoms with van der Waals surface area (Å²) in [5.41, 5.74) is 1.67. The Labute approximate surface area is 157 Å². The van der Waals surface area contributed by atoms with Gasteiger partial charge in [-0.2, -0.15) is 0 Å². The lowest BCUT2D eigenvalue weighted by Crippen LogP contribution is -2.46. The van der Waals surface area contributed by atoms with E-state index in [9.17, 15) is 9.59 Å². The largest absolute Gasteiger partial charge is 0.484 e. The van der Waals surface area contributed by atoms with Crippen LogP contribution in [-0.4, -0.2) is 24.8 Å². The van der Waals surface area contributed by atoms with Crippen LogP contribution in [0, 0.1) is 5.41 Å². The van der Waals surface area contributed by atoms with Crippen LogP contribution in [0.5, 0.6) is 5.75 Å². The van der Waals surface area contributed by atoms with E-state index >= 15 is 0 Å². The monoisotopic (exact) mass is 370 g/mol. The molecule has 2 aromatic rings. The molecular formula is C20H22N2O3S. The van der Waals surface area contributed by atoms with Gasteiger partial charge in [-0.1, -0.05) is 44.7 Å². The van der Waals surface area contributed by atoms with Crippen molar-refractivity contribution in [1.82, 2.24) is 5.32 Å². The number of hydrogen-bond acceptors (Lipinski definition) is 5. The van der Waals surface area contributed by atoms with E-state index < -0.39 is 6.04 Å². The Morgan fingerprint density at radius 3 is 2.65 bits per heavy atom. The van der Waals surface area contributed by atoms with E-state index in [0.717, 1.165) is 22.6 Å². The van der Waals surface area contributed by atoms with E-state index in [0.29, 0.717) is 5.75 Å². The molecule has 0 aliphatic carbocycles. The summed E-state index contributed by atoms with van der Waals surface area (Å²) in [5.74, 6) is 0.284. The second-order valence-electron chi connectivity index (χ2n) is 7.22. The number of anilines is 2. The Balaban J connectivity index is 1.62. The molecule has 0 radical (unpaired) electrons. The summed E-state index contributed by atoms with van der Waals surface area (Å²) in [6.07, 6.45) is 0.759. The first-order valence-electron chi connectivity index (χ1n) is 8.42. The van der Waals surface area contributed by atoms with Crippen molar-refractivity contribution in [3.63, 3.8) is 0 Å². The van der Waals surface area contributed by atoms with Crippen molar-refractivity contribution in [1.29, 1.82) is 0 Å². The fraction of sp³-hybridized carbons (Fsp3) is 0.300. The summed E-state index contributed by atoms with van der Waals surface area (Å²) in [7, 11) is 0. The number of fused-ring (bicyclic) bond motifs is 2. The summed E-state index contributed by atoms with van der Waals surface area (Å²) < 4.78 is 5.60. The van der Waals surface area contributed by atoms with Crippen LogP contribution in [0.15, 0.2) is 52.3 Å². The predicted molar refractivity (Wildman–Crippen MR) is 103 cm³/mol. The Kier molecular flexibility index (Phi) is 5.23. The quantitative estimate of drug-likeness (QED) is 0.665. The first-order chi connectivity index (χ1) is 12.4. The van der Waals surface area contributed by atoms with E-state index in [-0.39, 0.29) is 17.9 Å². The van der Waals surface area contributed by atoms with E-state index in [1.807, 2.05) is 57.2 Å². The molecule has 1 aliphatic heterocycles. The fourth-order valence-electron chi connectivity index (χ4n) is 2.53. The summed E-state index contributed by atoms with van der Waals surface area (Å²) in [6.45, 7) is 5.57. The SMILES string of the molecule is CC(C)(C)[C@@H](C=O)NC(=O)COc1ccc2c(c1)Nc1ccccc1S2. The van der Waals surface area contributed by atoms with Crippen LogP contribution in [0.25, 0.3) is 0 Å². The van der Waals surface area contributed by atoms with Crippen LogP contribution in [0.3, 0.4) is 0 Å². The lowest BCUT2D eigenvalue weighted by molar-refractivity contribution is -0.127. The minimum absolute atomic E-state index is 0.136. The molecule has 1 atom stereocenters. The van der Waals surface area contributed by atoms with Gasteiger partial charge < -0.3 is 20.2 Å². The normalized spacial score (nSPS) is 13.7. The van der Waals surface area contributed by atoms with E-state index in [2.05, 4.69) is 16.7 Å². The third kappa shape index (κ3) is 4.19. The van der Waals surface area contributed by atoms with Gasteiger partial charge in [0.05, 0.1) is 17.4 Å². The van der Waals surface area contributed by atoms with Crippen molar-refractivity contribution in [2.24, 2.45) is 5.41 Å². The molecular weight excluding hydrogens is 348 g/mol. The summed E-state index contributed by atoms with van der Waals surface area (Å²) in [4.78, 5) is 25.5. The maximum atomic E-state index is 12.1. The smallest absolute Gasteiger partial charge is 0.258 e. The van der Waals surface area contributed by atoms with Gasteiger partial charge in [0.15, 0.2) is 6.61 Å². The van der Waals surface area contributed by atoms with Crippen LogP contribution >= 0.6 is 11.8 Å². The summed E-state index contributed by atoms with van der Waals surface area (Å²) in [6, 6.07) is 13.2. The number of carbonyl (C=O) groups is 2. The third-order valence-electron chi connectivity index (χ3n) is 4.08. The van der Waals surface area contributed by atoms with Gasteiger partial charge in [-0.25, -0.2) is 0 Å². The molecule has 0 spiro atoms. The molecule has 5 nitrogen and oxygen atoms in total. The van der Waals surface area contributed by atoms with Crippen molar-refractivity contribution >= 4 is 35.3 Å². The van der Waals surface area contributed by atoms with Crippen molar-refractivity contribution in [3.8, 4) is 5.75 Å². The van der Waals surface area contributed by atoms with Gasteiger partial charge in [-0.05, 0) is 29.7 Å². The van der Waals surface area contributed by atoms with Gasteiger partial charge in [0.25, 0.3) is 5.91 Å². The predicted octanol–water partition coefficient (Wildman–Crippen LogP) is 4.00. The van der Waals surface area contributed by atoms with Crippen LogP contribution in [0.4, 0.5) is 11.4 Å². The topological polar surface area (TPSA) is 67.4 Å². The molecule has 26 heavy (non-hydrogen) atoms. The molecule has 0 fully saturated rings. The summed E-state index contributed by atoms with van der Waals surface area (Å²) in [5, 5.41) is 6.08. The zero-order valence-corrected chi connectivity index (χ0v) is 15.9. The summed E-state index contributed by atoms with van der Waals surface area (Å²) >= 11 is 1.69. The number of nitrogens with one attached hydrogen (secondary N) is 2. The molecule has 1 heterocycles. The first kappa shape index (κ1) is 18.3. The lowest BCUT2D eigenvalue weighted by atomic mass is 9.88. The molecule has 0 unspecified atom stereocenters. The molecule has 1 aliphatic rings. The average Bonchev–Trinajstić information content (AvgIpc) is 2.61. The molecule has 1 amide bonds. The van der Waals surface area contributed by atoms with Gasteiger partial charge in [0, 0.05) is 15.9 Å². The standard InChI is InChI=1S/C20H22N2O3S/c1-20(2,3)18(11-23)22-19(24)12-25-13-8-9-17-15(10-13)21-14-6-4-5-7-16(14)26-17/h4-11,18,21H,12H2,1-3H3,(H,22,24)/t18-/m1/s1. The average molecular weight is 370 g/mol. The second kappa shape index (κ2) is 7.41. The Hall–Kier alpha value is -2.47. The highest BCUT2D eigenvalue weighted by molar-refractivity contribution is 7.99. The number of carbonyl (C=O) groups excluding carboxylic acids is 2. The van der Waals surface area contributed by atoms with Crippen LogP contribution in [0.1, 0.15) is 20.8 Å². The molecule has 0 saturated carbocycles. The van der Waals surface area contributed by atoms with Crippen LogP contribution < -0.4 is 15.4 Å². The van der Waals surface area contributed by atoms with Gasteiger partial charge in [-0.15, -0.1) is 0 Å². The zero-order valence-electron chi connectivity index (χ0n) is 15.0. The van der Waals surface area contributed by atoms with Crippen LogP contribution in [0.2, 0.25) is 0 Å².